The number of benzene rings is 2. The van der Waals surface area contributed by atoms with Gasteiger partial charge in [-0.3, -0.25) is 4.79 Å². The minimum Gasteiger partial charge on any atom is -0.464 e. The van der Waals surface area contributed by atoms with Crippen molar-refractivity contribution in [1.29, 1.82) is 0 Å². The first kappa shape index (κ1) is 21.0. The average Bonchev–Trinajstić information content (AvgIpc) is 3.32. The van der Waals surface area contributed by atoms with Crippen molar-refractivity contribution in [2.75, 3.05) is 23.3 Å². The topological polar surface area (TPSA) is 104 Å². The van der Waals surface area contributed by atoms with Crippen LogP contribution < -0.4 is 16.0 Å². The van der Waals surface area contributed by atoms with Crippen LogP contribution in [0.3, 0.4) is 0 Å². The van der Waals surface area contributed by atoms with Crippen molar-refractivity contribution in [2.45, 2.75) is 20.3 Å². The zero-order valence-electron chi connectivity index (χ0n) is 17.1. The molecule has 0 bridgehead atoms. The lowest BCUT2D eigenvalue weighted by Crippen LogP contribution is -2.24. The predicted octanol–water partition coefficient (Wildman–Crippen LogP) is 4.53. The van der Waals surface area contributed by atoms with Crippen LogP contribution >= 0.6 is 0 Å². The molecule has 3 rings (SSSR count). The number of oxime groups is 1. The van der Waals surface area contributed by atoms with Crippen molar-refractivity contribution < 1.29 is 14.4 Å². The molecule has 156 valence electrons. The first-order valence-electron chi connectivity index (χ1n) is 9.89. The van der Waals surface area contributed by atoms with Gasteiger partial charge in [0.25, 0.3) is 5.91 Å². The highest BCUT2D eigenvalue weighted by Gasteiger charge is 2.15. The Morgan fingerprint density at radius 1 is 1.17 bits per heavy atom. The lowest BCUT2D eigenvalue weighted by atomic mass is 10.1. The molecule has 0 aliphatic rings. The molecule has 1 amide bonds. The summed E-state index contributed by atoms with van der Waals surface area (Å²) in [6.07, 6.45) is 2.60. The van der Waals surface area contributed by atoms with Gasteiger partial charge in [0.15, 0.2) is 5.84 Å². The zero-order chi connectivity index (χ0) is 21.5. The molecule has 0 fully saturated rings. The first-order chi connectivity index (χ1) is 14.6. The van der Waals surface area contributed by atoms with Crippen LogP contribution in [0.25, 0.3) is 11.3 Å². The zero-order valence-corrected chi connectivity index (χ0v) is 17.1. The van der Waals surface area contributed by atoms with Gasteiger partial charge in [-0.15, -0.1) is 0 Å². The molecule has 0 radical (unpaired) electrons. The molecule has 1 aromatic heterocycles. The Bertz CT molecular complexity index is 1030. The van der Waals surface area contributed by atoms with E-state index < -0.39 is 0 Å². The van der Waals surface area contributed by atoms with Crippen LogP contribution in [0.5, 0.6) is 0 Å². The average molecular weight is 406 g/mol. The van der Waals surface area contributed by atoms with Crippen molar-refractivity contribution in [3.63, 3.8) is 0 Å². The molecule has 1 heterocycles. The smallest absolute Gasteiger partial charge is 0.255 e. The third kappa shape index (κ3) is 4.63. The maximum Gasteiger partial charge on any atom is 0.255 e. The minimum absolute atomic E-state index is 0.0925. The quantitative estimate of drug-likeness (QED) is 0.221. The van der Waals surface area contributed by atoms with E-state index in [4.69, 9.17) is 15.4 Å². The number of carbonyl (C=O) groups excluding carboxylic acids is 1. The highest BCUT2D eigenvalue weighted by Crippen LogP contribution is 2.27. The second-order valence-electron chi connectivity index (χ2n) is 6.81. The summed E-state index contributed by atoms with van der Waals surface area (Å²) in [7, 11) is 0. The third-order valence-electron chi connectivity index (χ3n) is 4.81. The van der Waals surface area contributed by atoms with E-state index in [-0.39, 0.29) is 11.7 Å². The molecule has 3 aromatic rings. The Morgan fingerprint density at radius 2 is 2.00 bits per heavy atom. The van der Waals surface area contributed by atoms with Gasteiger partial charge < -0.3 is 25.6 Å². The molecular weight excluding hydrogens is 380 g/mol. The second kappa shape index (κ2) is 9.65. The van der Waals surface area contributed by atoms with Crippen molar-refractivity contribution >= 4 is 23.1 Å². The van der Waals surface area contributed by atoms with Gasteiger partial charge in [-0.2, -0.15) is 0 Å². The fourth-order valence-electron chi connectivity index (χ4n) is 3.30. The molecule has 0 saturated carbocycles. The number of nitrogens with two attached hydrogens (primary N) is 1. The Morgan fingerprint density at radius 3 is 2.67 bits per heavy atom. The lowest BCUT2D eigenvalue weighted by Gasteiger charge is -2.23. The third-order valence-corrected chi connectivity index (χ3v) is 4.81. The van der Waals surface area contributed by atoms with Crippen LogP contribution in [0, 0.1) is 0 Å². The van der Waals surface area contributed by atoms with Gasteiger partial charge in [0.05, 0.1) is 12.0 Å². The van der Waals surface area contributed by atoms with E-state index in [1.54, 1.807) is 36.6 Å². The number of carbonyl (C=O) groups is 1. The Balaban J connectivity index is 1.93. The summed E-state index contributed by atoms with van der Waals surface area (Å²) in [5.41, 5.74) is 8.93. The van der Waals surface area contributed by atoms with Gasteiger partial charge in [0, 0.05) is 35.5 Å². The molecule has 0 aliphatic heterocycles. The van der Waals surface area contributed by atoms with Crippen LogP contribution in [-0.4, -0.2) is 30.0 Å². The number of nitrogens with zero attached hydrogens (tertiary/aromatic N) is 2. The highest BCUT2D eigenvalue weighted by molar-refractivity contribution is 6.10. The van der Waals surface area contributed by atoms with Gasteiger partial charge in [-0.05, 0) is 55.8 Å². The number of amidine groups is 1. The normalized spacial score (nSPS) is 11.3. The molecule has 30 heavy (non-hydrogen) atoms. The summed E-state index contributed by atoms with van der Waals surface area (Å²) in [5, 5.41) is 15.1. The fraction of sp³-hybridized carbons (Fsp3) is 0.217. The van der Waals surface area contributed by atoms with Crippen LogP contribution in [0.4, 0.5) is 11.4 Å². The number of furan rings is 1. The van der Waals surface area contributed by atoms with Gasteiger partial charge in [-0.25, -0.2) is 0 Å². The summed E-state index contributed by atoms with van der Waals surface area (Å²) in [4.78, 5) is 15.2. The number of hydrogen-bond donors (Lipinski definition) is 3. The van der Waals surface area contributed by atoms with Crippen molar-refractivity contribution in [3.8, 4) is 11.3 Å². The molecule has 7 heteroatoms. The monoisotopic (exact) mass is 406 g/mol. The molecule has 7 nitrogen and oxygen atoms in total. The maximum absolute atomic E-state index is 13.0. The molecule has 0 spiro atoms. The van der Waals surface area contributed by atoms with E-state index in [1.807, 2.05) is 24.3 Å². The van der Waals surface area contributed by atoms with Crippen molar-refractivity contribution in [1.82, 2.24) is 0 Å². The molecule has 0 unspecified atom stereocenters. The number of nitrogens with one attached hydrogen (secondary N) is 1. The van der Waals surface area contributed by atoms with E-state index >= 15 is 0 Å². The number of anilines is 2. The van der Waals surface area contributed by atoms with E-state index in [2.05, 4.69) is 29.2 Å². The van der Waals surface area contributed by atoms with Gasteiger partial charge in [0.2, 0.25) is 0 Å². The molecule has 0 aliphatic carbocycles. The summed E-state index contributed by atoms with van der Waals surface area (Å²) in [6.45, 7) is 5.99. The van der Waals surface area contributed by atoms with E-state index in [0.717, 1.165) is 30.8 Å². The molecule has 0 atom stereocenters. The Labute approximate surface area is 175 Å². The molecule has 0 saturated heterocycles. The van der Waals surface area contributed by atoms with Crippen LogP contribution in [0.15, 0.2) is 70.4 Å². The SMILES string of the molecule is CCCN(CC)c1cccc(C(=O)Nc2cc(-c3ccco3)ccc2/C(N)=N/O)c1. The van der Waals surface area contributed by atoms with Crippen LogP contribution in [0.1, 0.15) is 36.2 Å². The maximum atomic E-state index is 13.0. The summed E-state index contributed by atoms with van der Waals surface area (Å²) < 4.78 is 5.44. The largest absolute Gasteiger partial charge is 0.464 e. The van der Waals surface area contributed by atoms with Crippen molar-refractivity contribution in [3.05, 3.63) is 72.0 Å². The summed E-state index contributed by atoms with van der Waals surface area (Å²) in [6, 6.07) is 16.3. The molecule has 4 N–H and O–H groups in total. The van der Waals surface area contributed by atoms with Gasteiger partial charge in [0.1, 0.15) is 5.76 Å². The van der Waals surface area contributed by atoms with Gasteiger partial charge in [-0.1, -0.05) is 24.2 Å². The number of rotatable bonds is 8. The van der Waals surface area contributed by atoms with Crippen molar-refractivity contribution in [2.24, 2.45) is 10.9 Å². The predicted molar refractivity (Wildman–Crippen MR) is 119 cm³/mol. The van der Waals surface area contributed by atoms with E-state index in [9.17, 15) is 4.79 Å². The fourth-order valence-corrected chi connectivity index (χ4v) is 3.30. The van der Waals surface area contributed by atoms with E-state index in [0.29, 0.717) is 22.6 Å². The minimum atomic E-state index is -0.284. The summed E-state index contributed by atoms with van der Waals surface area (Å²) in [5.74, 6) is 0.273. The van der Waals surface area contributed by atoms with Crippen LogP contribution in [0.2, 0.25) is 0 Å². The van der Waals surface area contributed by atoms with Gasteiger partial charge >= 0.3 is 0 Å². The molecular formula is C23H26N4O3. The standard InChI is InChI=1S/C23H26N4O3/c1-3-12-27(4-2)18-8-5-7-17(14-18)23(28)25-20-15-16(21-9-6-13-30-21)10-11-19(20)22(24)26-29/h5-11,13-15,29H,3-4,12H2,1-2H3,(H2,24,26)(H,25,28). The highest BCUT2D eigenvalue weighted by atomic mass is 16.4. The molecule has 2 aromatic carbocycles. The first-order valence-corrected chi connectivity index (χ1v) is 9.89. The second-order valence-corrected chi connectivity index (χ2v) is 6.81. The lowest BCUT2D eigenvalue weighted by molar-refractivity contribution is 0.102. The van der Waals surface area contributed by atoms with Crippen LogP contribution in [-0.2, 0) is 0 Å². The number of hydrogen-bond acceptors (Lipinski definition) is 5. The number of amides is 1. The van der Waals surface area contributed by atoms with E-state index in [1.165, 1.54) is 0 Å². The summed E-state index contributed by atoms with van der Waals surface area (Å²) >= 11 is 0. The Hall–Kier alpha value is -3.74. The Kier molecular flexibility index (Phi) is 6.75.